The number of halogens is 2. The van der Waals surface area contributed by atoms with Crippen LogP contribution in [0.2, 0.25) is 10.0 Å². The summed E-state index contributed by atoms with van der Waals surface area (Å²) in [5.41, 5.74) is 1.02. The van der Waals surface area contributed by atoms with Gasteiger partial charge in [-0.1, -0.05) is 41.4 Å². The van der Waals surface area contributed by atoms with Gasteiger partial charge in [0, 0.05) is 29.3 Å². The molecular formula is C14H12Cl2N2O3. The van der Waals surface area contributed by atoms with Gasteiger partial charge in [0.05, 0.1) is 21.7 Å². The maximum Gasteiger partial charge on any atom is 0.271 e. The Balaban J connectivity index is 2.06. The van der Waals surface area contributed by atoms with E-state index in [-0.39, 0.29) is 17.3 Å². The van der Waals surface area contributed by atoms with Crippen molar-refractivity contribution in [2.75, 3.05) is 11.9 Å². The molecule has 2 N–H and O–H groups in total. The van der Waals surface area contributed by atoms with E-state index in [0.29, 0.717) is 16.3 Å². The van der Waals surface area contributed by atoms with Gasteiger partial charge in [0.15, 0.2) is 0 Å². The number of aliphatic hydroxyl groups is 1. The molecule has 1 unspecified atom stereocenters. The SMILES string of the molecule is O=[N+]([O-])c1ccc(NCC(O)c2ccccc2Cl)c(Cl)c1. The predicted octanol–water partition coefficient (Wildman–Crippen LogP) is 4.05. The number of nitrogens with one attached hydrogen (secondary N) is 1. The van der Waals surface area contributed by atoms with Gasteiger partial charge in [-0.25, -0.2) is 0 Å². The average Bonchev–Trinajstić information content (AvgIpc) is 2.46. The van der Waals surface area contributed by atoms with Crippen LogP contribution < -0.4 is 5.32 Å². The molecule has 2 aromatic rings. The van der Waals surface area contributed by atoms with Crippen LogP contribution in [-0.4, -0.2) is 16.6 Å². The molecule has 0 spiro atoms. The lowest BCUT2D eigenvalue weighted by atomic mass is 10.1. The first-order valence-electron chi connectivity index (χ1n) is 6.09. The van der Waals surface area contributed by atoms with Gasteiger partial charge >= 0.3 is 0 Å². The number of non-ortho nitro benzene ring substituents is 1. The Bertz CT molecular complexity index is 664. The highest BCUT2D eigenvalue weighted by atomic mass is 35.5. The van der Waals surface area contributed by atoms with E-state index in [9.17, 15) is 15.2 Å². The molecule has 21 heavy (non-hydrogen) atoms. The van der Waals surface area contributed by atoms with Crippen molar-refractivity contribution in [3.63, 3.8) is 0 Å². The van der Waals surface area contributed by atoms with Crippen LogP contribution in [0, 0.1) is 10.1 Å². The largest absolute Gasteiger partial charge is 0.387 e. The highest BCUT2D eigenvalue weighted by Gasteiger charge is 2.13. The van der Waals surface area contributed by atoms with Crippen LogP contribution in [-0.2, 0) is 0 Å². The predicted molar refractivity (Wildman–Crippen MR) is 83.0 cm³/mol. The van der Waals surface area contributed by atoms with E-state index in [4.69, 9.17) is 23.2 Å². The minimum atomic E-state index is -0.815. The maximum absolute atomic E-state index is 10.6. The molecule has 0 fully saturated rings. The summed E-state index contributed by atoms with van der Waals surface area (Å²) in [6.45, 7) is 0.182. The van der Waals surface area contributed by atoms with Gasteiger partial charge in [-0.05, 0) is 12.1 Å². The van der Waals surface area contributed by atoms with Gasteiger partial charge < -0.3 is 10.4 Å². The fraction of sp³-hybridized carbons (Fsp3) is 0.143. The molecule has 2 rings (SSSR count). The summed E-state index contributed by atoms with van der Waals surface area (Å²) in [4.78, 5) is 10.1. The van der Waals surface area contributed by atoms with Gasteiger partial charge in [-0.2, -0.15) is 0 Å². The summed E-state index contributed by atoms with van der Waals surface area (Å²) in [5.74, 6) is 0. The van der Waals surface area contributed by atoms with E-state index in [2.05, 4.69) is 5.32 Å². The summed E-state index contributed by atoms with van der Waals surface area (Å²) < 4.78 is 0. The Kier molecular flexibility index (Phi) is 5.01. The van der Waals surface area contributed by atoms with E-state index in [0.717, 1.165) is 0 Å². The fourth-order valence-corrected chi connectivity index (χ4v) is 2.33. The van der Waals surface area contributed by atoms with Gasteiger partial charge in [0.25, 0.3) is 5.69 Å². The lowest BCUT2D eigenvalue weighted by molar-refractivity contribution is -0.384. The zero-order chi connectivity index (χ0) is 15.4. The molecule has 2 aromatic carbocycles. The molecule has 0 radical (unpaired) electrons. The number of nitrogens with zero attached hydrogens (tertiary/aromatic N) is 1. The van der Waals surface area contributed by atoms with Crippen LogP contribution in [0.3, 0.4) is 0 Å². The van der Waals surface area contributed by atoms with Crippen LogP contribution >= 0.6 is 23.2 Å². The van der Waals surface area contributed by atoms with Crippen molar-refractivity contribution >= 4 is 34.6 Å². The van der Waals surface area contributed by atoms with Crippen LogP contribution in [0.1, 0.15) is 11.7 Å². The molecule has 1 atom stereocenters. The smallest absolute Gasteiger partial charge is 0.271 e. The molecule has 0 saturated heterocycles. The van der Waals surface area contributed by atoms with Crippen molar-refractivity contribution in [2.24, 2.45) is 0 Å². The maximum atomic E-state index is 10.6. The molecule has 0 aliphatic rings. The van der Waals surface area contributed by atoms with Crippen LogP contribution in [0.15, 0.2) is 42.5 Å². The fourth-order valence-electron chi connectivity index (χ4n) is 1.82. The first-order chi connectivity index (χ1) is 9.99. The third-order valence-corrected chi connectivity index (χ3v) is 3.57. The number of benzene rings is 2. The number of hydrogen-bond acceptors (Lipinski definition) is 4. The second-order valence-electron chi connectivity index (χ2n) is 4.34. The number of aliphatic hydroxyl groups excluding tert-OH is 1. The number of anilines is 1. The number of hydrogen-bond donors (Lipinski definition) is 2. The normalized spacial score (nSPS) is 12.0. The molecule has 0 aliphatic heterocycles. The van der Waals surface area contributed by atoms with Gasteiger partial charge in [-0.15, -0.1) is 0 Å². The zero-order valence-electron chi connectivity index (χ0n) is 10.8. The lowest BCUT2D eigenvalue weighted by Gasteiger charge is -2.15. The molecular weight excluding hydrogens is 315 g/mol. The summed E-state index contributed by atoms with van der Waals surface area (Å²) >= 11 is 12.0. The number of rotatable bonds is 5. The van der Waals surface area contributed by atoms with Crippen molar-refractivity contribution in [3.8, 4) is 0 Å². The third-order valence-electron chi connectivity index (χ3n) is 2.91. The second-order valence-corrected chi connectivity index (χ2v) is 5.15. The zero-order valence-corrected chi connectivity index (χ0v) is 12.3. The van der Waals surface area contributed by atoms with Gasteiger partial charge in [-0.3, -0.25) is 10.1 Å². The molecule has 0 bridgehead atoms. The summed E-state index contributed by atoms with van der Waals surface area (Å²) in [7, 11) is 0. The number of nitro groups is 1. The van der Waals surface area contributed by atoms with E-state index in [1.54, 1.807) is 24.3 Å². The van der Waals surface area contributed by atoms with Crippen LogP contribution in [0.5, 0.6) is 0 Å². The molecule has 0 heterocycles. The van der Waals surface area contributed by atoms with E-state index < -0.39 is 11.0 Å². The van der Waals surface area contributed by atoms with Crippen molar-refractivity contribution in [3.05, 3.63) is 68.2 Å². The Labute approximate surface area is 131 Å². The third kappa shape index (κ3) is 3.85. The summed E-state index contributed by atoms with van der Waals surface area (Å²) in [6.07, 6.45) is -0.815. The summed E-state index contributed by atoms with van der Waals surface area (Å²) in [5, 5.41) is 24.4. The molecule has 5 nitrogen and oxygen atoms in total. The average molecular weight is 327 g/mol. The quantitative estimate of drug-likeness (QED) is 0.642. The van der Waals surface area contributed by atoms with Gasteiger partial charge in [0.1, 0.15) is 0 Å². The lowest BCUT2D eigenvalue weighted by Crippen LogP contribution is -2.12. The molecule has 110 valence electrons. The summed E-state index contributed by atoms with van der Waals surface area (Å²) in [6, 6.07) is 11.1. The topological polar surface area (TPSA) is 75.4 Å². The van der Waals surface area contributed by atoms with Crippen molar-refractivity contribution in [1.82, 2.24) is 0 Å². The Morgan fingerprint density at radius 1 is 1.19 bits per heavy atom. The minimum absolute atomic E-state index is 0.0859. The molecule has 0 amide bonds. The molecule has 0 aliphatic carbocycles. The number of nitro benzene ring substituents is 1. The Morgan fingerprint density at radius 2 is 1.90 bits per heavy atom. The van der Waals surface area contributed by atoms with Crippen LogP contribution in [0.25, 0.3) is 0 Å². The molecule has 0 saturated carbocycles. The van der Waals surface area contributed by atoms with Crippen molar-refractivity contribution < 1.29 is 10.0 Å². The second kappa shape index (κ2) is 6.76. The van der Waals surface area contributed by atoms with Crippen molar-refractivity contribution in [1.29, 1.82) is 0 Å². The standard InChI is InChI=1S/C14H12Cl2N2O3/c15-11-4-2-1-3-10(11)14(19)8-17-13-6-5-9(18(20)21)7-12(13)16/h1-7,14,17,19H,8H2. The highest BCUT2D eigenvalue weighted by molar-refractivity contribution is 6.33. The monoisotopic (exact) mass is 326 g/mol. The first-order valence-corrected chi connectivity index (χ1v) is 6.85. The van der Waals surface area contributed by atoms with Crippen LogP contribution in [0.4, 0.5) is 11.4 Å². The highest BCUT2D eigenvalue weighted by Crippen LogP contribution is 2.28. The van der Waals surface area contributed by atoms with E-state index in [1.807, 2.05) is 0 Å². The Hall–Kier alpha value is -1.82. The van der Waals surface area contributed by atoms with Crippen molar-refractivity contribution in [2.45, 2.75) is 6.10 Å². The van der Waals surface area contributed by atoms with E-state index >= 15 is 0 Å². The molecule has 7 heteroatoms. The minimum Gasteiger partial charge on any atom is -0.387 e. The van der Waals surface area contributed by atoms with E-state index in [1.165, 1.54) is 18.2 Å². The first kappa shape index (κ1) is 15.6. The van der Waals surface area contributed by atoms with Gasteiger partial charge in [0.2, 0.25) is 0 Å². The Morgan fingerprint density at radius 3 is 2.52 bits per heavy atom. The molecule has 0 aromatic heterocycles.